The Kier molecular flexibility index (Phi) is 3.17. The van der Waals surface area contributed by atoms with Crippen LogP contribution in [0.2, 0.25) is 0 Å². The molecular weight excluding hydrogens is 304 g/mol. The summed E-state index contributed by atoms with van der Waals surface area (Å²) in [5, 5.41) is 1.05. The molecule has 19 heavy (non-hydrogen) atoms. The van der Waals surface area contributed by atoms with Gasteiger partial charge in [-0.1, -0.05) is 18.2 Å². The van der Waals surface area contributed by atoms with Gasteiger partial charge in [0.15, 0.2) is 5.75 Å². The highest BCUT2D eigenvalue weighted by Gasteiger charge is 2.06. The third-order valence-corrected chi connectivity index (χ3v) is 3.64. The molecule has 0 saturated heterocycles. The summed E-state index contributed by atoms with van der Waals surface area (Å²) in [6, 6.07) is 13.5. The first-order chi connectivity index (χ1) is 9.24. The number of para-hydroxylation sites is 1. The number of aromatic nitrogens is 2. The second-order valence-electron chi connectivity index (χ2n) is 4.15. The van der Waals surface area contributed by atoms with Crippen LogP contribution in [0.5, 0.6) is 11.6 Å². The van der Waals surface area contributed by atoms with Crippen molar-refractivity contribution in [2.75, 3.05) is 0 Å². The van der Waals surface area contributed by atoms with E-state index < -0.39 is 0 Å². The fourth-order valence-corrected chi connectivity index (χ4v) is 2.07. The summed E-state index contributed by atoms with van der Waals surface area (Å²) in [5.74, 6) is 1.28. The Morgan fingerprint density at radius 2 is 1.89 bits per heavy atom. The molecule has 0 spiro atoms. The fourth-order valence-electron chi connectivity index (χ4n) is 1.85. The molecule has 3 aromatic rings. The first-order valence-corrected chi connectivity index (χ1v) is 6.68. The number of benzene rings is 1. The van der Waals surface area contributed by atoms with Gasteiger partial charge in [-0.25, -0.2) is 4.98 Å². The van der Waals surface area contributed by atoms with Gasteiger partial charge in [0.25, 0.3) is 0 Å². The molecule has 0 saturated carbocycles. The van der Waals surface area contributed by atoms with E-state index in [9.17, 15) is 0 Å². The van der Waals surface area contributed by atoms with Crippen molar-refractivity contribution in [1.29, 1.82) is 0 Å². The quantitative estimate of drug-likeness (QED) is 0.699. The Morgan fingerprint density at radius 1 is 1.05 bits per heavy atom. The predicted octanol–water partition coefficient (Wildman–Crippen LogP) is 4.49. The molecule has 4 heteroatoms. The van der Waals surface area contributed by atoms with Crippen LogP contribution in [-0.2, 0) is 0 Å². The van der Waals surface area contributed by atoms with Crippen LogP contribution in [0.15, 0.2) is 53.1 Å². The number of nitrogens with zero attached hydrogens (tertiary/aromatic N) is 2. The molecule has 94 valence electrons. The van der Waals surface area contributed by atoms with Gasteiger partial charge in [0.2, 0.25) is 5.88 Å². The second kappa shape index (κ2) is 4.97. The van der Waals surface area contributed by atoms with Crippen LogP contribution in [0.25, 0.3) is 10.9 Å². The highest BCUT2D eigenvalue weighted by molar-refractivity contribution is 9.10. The van der Waals surface area contributed by atoms with Crippen LogP contribution in [0.1, 0.15) is 5.69 Å². The molecule has 0 amide bonds. The van der Waals surface area contributed by atoms with Crippen molar-refractivity contribution in [2.45, 2.75) is 6.92 Å². The summed E-state index contributed by atoms with van der Waals surface area (Å²) < 4.78 is 6.80. The van der Waals surface area contributed by atoms with E-state index in [1.165, 1.54) is 0 Å². The topological polar surface area (TPSA) is 35.0 Å². The summed E-state index contributed by atoms with van der Waals surface area (Å²) in [4.78, 5) is 8.73. The van der Waals surface area contributed by atoms with Crippen molar-refractivity contribution < 1.29 is 4.74 Å². The van der Waals surface area contributed by atoms with Crippen LogP contribution in [0.3, 0.4) is 0 Å². The van der Waals surface area contributed by atoms with Crippen LogP contribution in [0.4, 0.5) is 0 Å². The van der Waals surface area contributed by atoms with Crippen molar-refractivity contribution in [2.24, 2.45) is 0 Å². The first-order valence-electron chi connectivity index (χ1n) is 5.89. The van der Waals surface area contributed by atoms with Gasteiger partial charge in [0, 0.05) is 22.1 Å². The summed E-state index contributed by atoms with van der Waals surface area (Å²) >= 11 is 3.42. The maximum atomic E-state index is 5.83. The Labute approximate surface area is 119 Å². The number of halogens is 1. The molecule has 0 N–H and O–H groups in total. The van der Waals surface area contributed by atoms with Gasteiger partial charge in [0.1, 0.15) is 5.52 Å². The summed E-state index contributed by atoms with van der Waals surface area (Å²) in [6.45, 7) is 1.93. The molecule has 0 bridgehead atoms. The molecule has 0 radical (unpaired) electrons. The molecule has 2 aromatic heterocycles. The standard InChI is InChI=1S/C15H11BrN2O/c1-10-12(16)7-8-14(18-10)19-13-6-2-4-11-5-3-9-17-15(11)13/h2-9H,1H3. The minimum Gasteiger partial charge on any atom is -0.437 e. The van der Waals surface area contributed by atoms with Crippen molar-refractivity contribution in [3.05, 3.63) is 58.8 Å². The molecule has 1 aromatic carbocycles. The number of aryl methyl sites for hydroxylation is 1. The summed E-state index contributed by atoms with van der Waals surface area (Å²) in [6.07, 6.45) is 1.76. The van der Waals surface area contributed by atoms with Gasteiger partial charge in [-0.15, -0.1) is 0 Å². The highest BCUT2D eigenvalue weighted by Crippen LogP contribution is 2.28. The van der Waals surface area contributed by atoms with Gasteiger partial charge in [-0.3, -0.25) is 4.98 Å². The molecule has 0 aliphatic heterocycles. The normalized spacial score (nSPS) is 10.6. The maximum Gasteiger partial charge on any atom is 0.219 e. The Balaban J connectivity index is 2.03. The number of hydrogen-bond donors (Lipinski definition) is 0. The number of pyridine rings is 2. The van der Waals surface area contributed by atoms with Crippen LogP contribution in [-0.4, -0.2) is 9.97 Å². The van der Waals surface area contributed by atoms with Crippen molar-refractivity contribution in [3.63, 3.8) is 0 Å². The minimum absolute atomic E-state index is 0.568. The number of rotatable bonds is 2. The molecule has 3 rings (SSSR count). The third-order valence-electron chi connectivity index (χ3n) is 2.81. The predicted molar refractivity (Wildman–Crippen MR) is 78.5 cm³/mol. The van der Waals surface area contributed by atoms with Crippen LogP contribution in [0, 0.1) is 6.92 Å². The third kappa shape index (κ3) is 2.44. The summed E-state index contributed by atoms with van der Waals surface area (Å²) in [5.41, 5.74) is 1.73. The Bertz CT molecular complexity index is 738. The Hall–Kier alpha value is -1.94. The lowest BCUT2D eigenvalue weighted by atomic mass is 10.2. The fraction of sp³-hybridized carbons (Fsp3) is 0.0667. The van der Waals surface area contributed by atoms with Gasteiger partial charge >= 0.3 is 0 Å². The highest BCUT2D eigenvalue weighted by atomic mass is 79.9. The molecule has 2 heterocycles. The summed E-state index contributed by atoms with van der Waals surface area (Å²) in [7, 11) is 0. The van der Waals surface area contributed by atoms with E-state index in [1.807, 2.05) is 49.4 Å². The zero-order valence-corrected chi connectivity index (χ0v) is 11.9. The average molecular weight is 315 g/mol. The largest absolute Gasteiger partial charge is 0.437 e. The smallest absolute Gasteiger partial charge is 0.219 e. The van der Waals surface area contributed by atoms with Crippen molar-refractivity contribution in [1.82, 2.24) is 9.97 Å². The van der Waals surface area contributed by atoms with Crippen LogP contribution < -0.4 is 4.74 Å². The van der Waals surface area contributed by atoms with E-state index in [4.69, 9.17) is 4.74 Å². The van der Waals surface area contributed by atoms with Crippen LogP contribution >= 0.6 is 15.9 Å². The maximum absolute atomic E-state index is 5.83. The van der Waals surface area contributed by atoms with Gasteiger partial charge in [0.05, 0.1) is 5.69 Å². The van der Waals surface area contributed by atoms with E-state index in [1.54, 1.807) is 6.20 Å². The van der Waals surface area contributed by atoms with E-state index in [0.29, 0.717) is 11.6 Å². The molecule has 0 unspecified atom stereocenters. The number of ether oxygens (including phenoxy) is 1. The monoisotopic (exact) mass is 314 g/mol. The molecule has 0 atom stereocenters. The second-order valence-corrected chi connectivity index (χ2v) is 5.00. The van der Waals surface area contributed by atoms with Crippen molar-refractivity contribution in [3.8, 4) is 11.6 Å². The lowest BCUT2D eigenvalue weighted by Gasteiger charge is -2.08. The Morgan fingerprint density at radius 3 is 2.74 bits per heavy atom. The molecule has 0 fully saturated rings. The van der Waals surface area contributed by atoms with E-state index in [2.05, 4.69) is 25.9 Å². The molecule has 3 nitrogen and oxygen atoms in total. The first kappa shape index (κ1) is 12.1. The zero-order valence-electron chi connectivity index (χ0n) is 10.3. The van der Waals surface area contributed by atoms with Gasteiger partial charge in [-0.2, -0.15) is 0 Å². The average Bonchev–Trinajstić information content (AvgIpc) is 2.43. The SMILES string of the molecule is Cc1nc(Oc2cccc3cccnc23)ccc1Br. The molecular formula is C15H11BrN2O. The van der Waals surface area contributed by atoms with Gasteiger partial charge < -0.3 is 4.74 Å². The minimum atomic E-state index is 0.568. The number of fused-ring (bicyclic) bond motifs is 1. The lowest BCUT2D eigenvalue weighted by molar-refractivity contribution is 0.465. The van der Waals surface area contributed by atoms with Gasteiger partial charge in [-0.05, 0) is 41.1 Å². The number of hydrogen-bond acceptors (Lipinski definition) is 3. The molecule has 0 aliphatic rings. The zero-order chi connectivity index (χ0) is 13.2. The molecule has 0 aliphatic carbocycles. The lowest BCUT2D eigenvalue weighted by Crippen LogP contribution is -1.92. The van der Waals surface area contributed by atoms with E-state index in [-0.39, 0.29) is 0 Å². The van der Waals surface area contributed by atoms with Crippen molar-refractivity contribution >= 4 is 26.8 Å². The van der Waals surface area contributed by atoms with E-state index >= 15 is 0 Å². The van der Waals surface area contributed by atoms with E-state index in [0.717, 1.165) is 21.1 Å².